The lowest BCUT2D eigenvalue weighted by Gasteiger charge is -2.07. The van der Waals surface area contributed by atoms with E-state index in [9.17, 15) is 14.0 Å². The SMILES string of the molecule is CCOC(=O)CSCC(=O)Nc1ccc(F)cc1N. The molecule has 0 aliphatic rings. The number of carbonyl (C=O) groups is 2. The largest absolute Gasteiger partial charge is 0.465 e. The summed E-state index contributed by atoms with van der Waals surface area (Å²) in [6, 6.07) is 3.72. The van der Waals surface area contributed by atoms with Crippen molar-refractivity contribution < 1.29 is 18.7 Å². The fourth-order valence-electron chi connectivity index (χ4n) is 1.26. The Morgan fingerprint density at radius 1 is 1.42 bits per heavy atom. The quantitative estimate of drug-likeness (QED) is 0.614. The monoisotopic (exact) mass is 286 g/mol. The summed E-state index contributed by atoms with van der Waals surface area (Å²) in [5.74, 6) is -0.933. The van der Waals surface area contributed by atoms with Crippen LogP contribution in [-0.4, -0.2) is 30.0 Å². The minimum atomic E-state index is -0.466. The Hall–Kier alpha value is -1.76. The highest BCUT2D eigenvalue weighted by Gasteiger charge is 2.08. The molecule has 0 unspecified atom stereocenters. The molecule has 0 fully saturated rings. The number of amides is 1. The Bertz CT molecular complexity index is 468. The Labute approximate surface area is 114 Å². The van der Waals surface area contributed by atoms with E-state index in [0.29, 0.717) is 12.3 Å². The first-order valence-electron chi connectivity index (χ1n) is 5.61. The first kappa shape index (κ1) is 15.3. The summed E-state index contributed by atoms with van der Waals surface area (Å²) in [5.41, 5.74) is 6.06. The highest BCUT2D eigenvalue weighted by molar-refractivity contribution is 8.00. The van der Waals surface area contributed by atoms with Crippen molar-refractivity contribution in [3.63, 3.8) is 0 Å². The number of hydrogen-bond acceptors (Lipinski definition) is 5. The van der Waals surface area contributed by atoms with Gasteiger partial charge in [-0.05, 0) is 25.1 Å². The van der Waals surface area contributed by atoms with Gasteiger partial charge in [0.1, 0.15) is 5.82 Å². The van der Waals surface area contributed by atoms with Gasteiger partial charge in [-0.2, -0.15) is 0 Å². The number of ether oxygens (including phenoxy) is 1. The molecule has 5 nitrogen and oxygen atoms in total. The zero-order valence-corrected chi connectivity index (χ0v) is 11.3. The molecule has 19 heavy (non-hydrogen) atoms. The van der Waals surface area contributed by atoms with Crippen LogP contribution in [0, 0.1) is 5.82 Å². The van der Waals surface area contributed by atoms with Gasteiger partial charge < -0.3 is 15.8 Å². The molecule has 0 spiro atoms. The minimum absolute atomic E-state index is 0.0929. The maximum Gasteiger partial charge on any atom is 0.315 e. The van der Waals surface area contributed by atoms with Gasteiger partial charge in [-0.3, -0.25) is 9.59 Å². The third-order valence-corrected chi connectivity index (χ3v) is 2.95. The molecule has 1 rings (SSSR count). The summed E-state index contributed by atoms with van der Waals surface area (Å²) in [4.78, 5) is 22.6. The standard InChI is InChI=1S/C12H15FN2O3S/c1-2-18-12(17)7-19-6-11(16)15-10-4-3-8(13)5-9(10)14/h3-5H,2,6-7,14H2,1H3,(H,15,16). The van der Waals surface area contributed by atoms with Crippen molar-refractivity contribution in [2.45, 2.75) is 6.92 Å². The minimum Gasteiger partial charge on any atom is -0.465 e. The van der Waals surface area contributed by atoms with Crippen LogP contribution in [0.15, 0.2) is 18.2 Å². The fraction of sp³-hybridized carbons (Fsp3) is 0.333. The van der Waals surface area contributed by atoms with Crippen molar-refractivity contribution >= 4 is 35.0 Å². The molecule has 0 atom stereocenters. The van der Waals surface area contributed by atoms with Crippen molar-refractivity contribution in [1.82, 2.24) is 0 Å². The van der Waals surface area contributed by atoms with Crippen LogP contribution in [-0.2, 0) is 14.3 Å². The zero-order valence-electron chi connectivity index (χ0n) is 10.4. The van der Waals surface area contributed by atoms with Gasteiger partial charge in [0.05, 0.1) is 29.5 Å². The van der Waals surface area contributed by atoms with Crippen molar-refractivity contribution in [2.75, 3.05) is 29.2 Å². The number of hydrogen-bond donors (Lipinski definition) is 2. The van der Waals surface area contributed by atoms with Gasteiger partial charge in [0, 0.05) is 0 Å². The van der Waals surface area contributed by atoms with E-state index in [1.807, 2.05) is 0 Å². The van der Waals surface area contributed by atoms with E-state index in [0.717, 1.165) is 17.8 Å². The fourth-order valence-corrected chi connectivity index (χ4v) is 1.87. The van der Waals surface area contributed by atoms with Gasteiger partial charge in [0.15, 0.2) is 0 Å². The Morgan fingerprint density at radius 2 is 2.16 bits per heavy atom. The summed E-state index contributed by atoms with van der Waals surface area (Å²) in [5, 5.41) is 2.54. The highest BCUT2D eigenvalue weighted by Crippen LogP contribution is 2.19. The third-order valence-electron chi connectivity index (χ3n) is 2.05. The van der Waals surface area contributed by atoms with E-state index in [1.54, 1.807) is 6.92 Å². The van der Waals surface area contributed by atoms with Gasteiger partial charge in [0.25, 0.3) is 0 Å². The molecule has 0 saturated carbocycles. The average molecular weight is 286 g/mol. The van der Waals surface area contributed by atoms with Crippen molar-refractivity contribution in [2.24, 2.45) is 0 Å². The predicted octanol–water partition coefficient (Wildman–Crippen LogP) is 1.64. The molecule has 0 aliphatic carbocycles. The number of nitrogen functional groups attached to an aromatic ring is 1. The lowest BCUT2D eigenvalue weighted by atomic mass is 10.2. The number of carbonyl (C=O) groups excluding carboxylic acids is 2. The number of nitrogens with one attached hydrogen (secondary N) is 1. The first-order valence-corrected chi connectivity index (χ1v) is 6.76. The predicted molar refractivity (Wildman–Crippen MR) is 73.4 cm³/mol. The van der Waals surface area contributed by atoms with E-state index >= 15 is 0 Å². The van der Waals surface area contributed by atoms with Crippen LogP contribution >= 0.6 is 11.8 Å². The molecule has 0 radical (unpaired) electrons. The van der Waals surface area contributed by atoms with Crippen LogP contribution < -0.4 is 11.1 Å². The van der Waals surface area contributed by atoms with Gasteiger partial charge in [-0.1, -0.05) is 0 Å². The molecular formula is C12H15FN2O3S. The molecule has 104 valence electrons. The molecule has 0 bridgehead atoms. The van der Waals surface area contributed by atoms with E-state index in [1.165, 1.54) is 12.1 Å². The van der Waals surface area contributed by atoms with Crippen LogP contribution in [0.4, 0.5) is 15.8 Å². The molecule has 0 aliphatic heterocycles. The Balaban J connectivity index is 2.37. The van der Waals surface area contributed by atoms with E-state index in [4.69, 9.17) is 10.5 Å². The second kappa shape index (κ2) is 7.63. The molecule has 7 heteroatoms. The number of anilines is 2. The van der Waals surface area contributed by atoms with Gasteiger partial charge in [-0.15, -0.1) is 11.8 Å². The maximum atomic E-state index is 12.8. The molecule has 0 aromatic heterocycles. The van der Waals surface area contributed by atoms with E-state index in [2.05, 4.69) is 5.32 Å². The summed E-state index contributed by atoms with van der Waals surface area (Å²) in [6.45, 7) is 2.03. The second-order valence-corrected chi connectivity index (χ2v) is 4.56. The normalized spacial score (nSPS) is 10.0. The lowest BCUT2D eigenvalue weighted by molar-refractivity contribution is -0.139. The van der Waals surface area contributed by atoms with Crippen molar-refractivity contribution in [3.8, 4) is 0 Å². The van der Waals surface area contributed by atoms with Crippen molar-refractivity contribution in [3.05, 3.63) is 24.0 Å². The van der Waals surface area contributed by atoms with Crippen LogP contribution in [0.2, 0.25) is 0 Å². The van der Waals surface area contributed by atoms with Gasteiger partial charge in [-0.25, -0.2) is 4.39 Å². The van der Waals surface area contributed by atoms with Crippen molar-refractivity contribution in [1.29, 1.82) is 0 Å². The molecule has 1 amide bonds. The van der Waals surface area contributed by atoms with Gasteiger partial charge in [0.2, 0.25) is 5.91 Å². The summed E-state index contributed by atoms with van der Waals surface area (Å²) >= 11 is 1.14. The summed E-state index contributed by atoms with van der Waals surface area (Å²) in [7, 11) is 0. The topological polar surface area (TPSA) is 81.4 Å². The third kappa shape index (κ3) is 5.60. The second-order valence-electron chi connectivity index (χ2n) is 3.58. The molecule has 0 heterocycles. The smallest absolute Gasteiger partial charge is 0.315 e. The lowest BCUT2D eigenvalue weighted by Crippen LogP contribution is -2.17. The van der Waals surface area contributed by atoms with Crippen LogP contribution in [0.5, 0.6) is 0 Å². The van der Waals surface area contributed by atoms with Crippen LogP contribution in [0.1, 0.15) is 6.92 Å². The maximum absolute atomic E-state index is 12.8. The summed E-state index contributed by atoms with van der Waals surface area (Å²) in [6.07, 6.45) is 0. The van der Waals surface area contributed by atoms with Crippen LogP contribution in [0.3, 0.4) is 0 Å². The number of benzene rings is 1. The molecule has 0 saturated heterocycles. The number of thioether (sulfide) groups is 1. The number of halogens is 1. The molecule has 3 N–H and O–H groups in total. The molecular weight excluding hydrogens is 271 g/mol. The highest BCUT2D eigenvalue weighted by atomic mass is 32.2. The summed E-state index contributed by atoms with van der Waals surface area (Å²) < 4.78 is 17.5. The molecule has 1 aromatic rings. The number of nitrogens with two attached hydrogens (primary N) is 1. The van der Waals surface area contributed by atoms with E-state index < -0.39 is 5.82 Å². The number of esters is 1. The number of rotatable bonds is 6. The van der Waals surface area contributed by atoms with Gasteiger partial charge >= 0.3 is 5.97 Å². The van der Waals surface area contributed by atoms with E-state index in [-0.39, 0.29) is 29.1 Å². The Morgan fingerprint density at radius 3 is 2.79 bits per heavy atom. The van der Waals surface area contributed by atoms with Crippen LogP contribution in [0.25, 0.3) is 0 Å². The first-order chi connectivity index (χ1) is 9.02. The molecule has 1 aromatic carbocycles. The zero-order chi connectivity index (χ0) is 14.3. The Kier molecular flexibility index (Phi) is 6.14. The average Bonchev–Trinajstić information content (AvgIpc) is 2.33.